The average molecular weight is 451 g/mol. The lowest BCUT2D eigenvalue weighted by atomic mass is 10.1. The molecule has 9 nitrogen and oxygen atoms in total. The maximum absolute atomic E-state index is 12.6. The highest BCUT2D eigenvalue weighted by atomic mass is 32.2. The zero-order valence-electron chi connectivity index (χ0n) is 17.5. The summed E-state index contributed by atoms with van der Waals surface area (Å²) >= 11 is 0. The van der Waals surface area contributed by atoms with Crippen molar-refractivity contribution < 1.29 is 32.2 Å². The molecule has 0 aliphatic carbocycles. The van der Waals surface area contributed by atoms with Gasteiger partial charge in [0.25, 0.3) is 5.91 Å². The van der Waals surface area contributed by atoms with Crippen LogP contribution in [-0.2, 0) is 26.1 Å². The molecule has 31 heavy (non-hydrogen) atoms. The Hall–Kier alpha value is -2.82. The second-order valence-electron chi connectivity index (χ2n) is 6.69. The number of hydrogen-bond acceptors (Lipinski definition) is 7. The minimum atomic E-state index is -3.57. The van der Waals surface area contributed by atoms with Crippen LogP contribution >= 0.6 is 0 Å². The fourth-order valence-corrected chi connectivity index (χ4v) is 4.54. The van der Waals surface area contributed by atoms with Gasteiger partial charge in [0.15, 0.2) is 6.61 Å². The molecule has 1 saturated heterocycles. The maximum atomic E-state index is 12.6. The molecule has 1 heterocycles. The second-order valence-corrected chi connectivity index (χ2v) is 8.63. The number of nitrogens with one attached hydrogen (secondary N) is 1. The lowest BCUT2D eigenvalue weighted by molar-refractivity contribution is -0.123. The van der Waals surface area contributed by atoms with Crippen LogP contribution in [0.5, 0.6) is 17.2 Å². The molecule has 1 amide bonds. The molecule has 0 aromatic heterocycles. The van der Waals surface area contributed by atoms with Gasteiger partial charge < -0.3 is 24.3 Å². The van der Waals surface area contributed by atoms with Crippen molar-refractivity contribution in [2.45, 2.75) is 11.4 Å². The molecular weight excluding hydrogens is 424 g/mol. The third-order valence-electron chi connectivity index (χ3n) is 4.79. The average Bonchev–Trinajstić information content (AvgIpc) is 2.81. The zero-order chi connectivity index (χ0) is 22.3. The summed E-state index contributed by atoms with van der Waals surface area (Å²) in [5.74, 6) is 1.28. The predicted molar refractivity (Wildman–Crippen MR) is 113 cm³/mol. The lowest BCUT2D eigenvalue weighted by Crippen LogP contribution is -2.40. The molecule has 1 aliphatic rings. The quantitative estimate of drug-likeness (QED) is 0.616. The molecule has 0 saturated carbocycles. The first kappa shape index (κ1) is 22.9. The fraction of sp³-hybridized carbons (Fsp3) is 0.381. The van der Waals surface area contributed by atoms with Gasteiger partial charge in [0.05, 0.1) is 44.4 Å². The standard InChI is InChI=1S/C21H26N2O7S/c1-27-19-4-3-5-20(28-2)18(19)14-22-21(24)15-30-16-6-8-17(9-7-16)31(25,26)23-10-12-29-13-11-23/h3-9H,10-15H2,1-2H3,(H,22,24). The van der Waals surface area contributed by atoms with Crippen LogP contribution in [-0.4, -0.2) is 65.8 Å². The molecule has 1 fully saturated rings. The van der Waals surface area contributed by atoms with Crippen molar-refractivity contribution in [3.63, 3.8) is 0 Å². The topological polar surface area (TPSA) is 103 Å². The van der Waals surface area contributed by atoms with E-state index in [9.17, 15) is 13.2 Å². The highest BCUT2D eigenvalue weighted by Gasteiger charge is 2.26. The summed E-state index contributed by atoms with van der Waals surface area (Å²) in [7, 11) is -0.472. The van der Waals surface area contributed by atoms with Crippen molar-refractivity contribution in [2.75, 3.05) is 47.1 Å². The molecule has 10 heteroatoms. The number of hydrogen-bond donors (Lipinski definition) is 1. The van der Waals surface area contributed by atoms with E-state index in [0.29, 0.717) is 43.6 Å². The van der Waals surface area contributed by atoms with Gasteiger partial charge in [0.2, 0.25) is 10.0 Å². The third-order valence-corrected chi connectivity index (χ3v) is 6.71. The van der Waals surface area contributed by atoms with Gasteiger partial charge in [-0.25, -0.2) is 8.42 Å². The van der Waals surface area contributed by atoms with Gasteiger partial charge in [-0.3, -0.25) is 4.79 Å². The Morgan fingerprint density at radius 1 is 1.03 bits per heavy atom. The normalized spacial score (nSPS) is 14.6. The number of rotatable bonds is 9. The number of sulfonamides is 1. The number of carbonyl (C=O) groups is 1. The third kappa shape index (κ3) is 5.66. The van der Waals surface area contributed by atoms with Crippen LogP contribution in [0.25, 0.3) is 0 Å². The molecule has 168 valence electrons. The number of carbonyl (C=O) groups excluding carboxylic acids is 1. The SMILES string of the molecule is COc1cccc(OC)c1CNC(=O)COc1ccc(S(=O)(=O)N2CCOCC2)cc1. The molecular formula is C21H26N2O7S. The van der Waals surface area contributed by atoms with E-state index in [1.54, 1.807) is 32.4 Å². The Labute approximate surface area is 181 Å². The Morgan fingerprint density at radius 3 is 2.23 bits per heavy atom. The molecule has 0 spiro atoms. The molecule has 1 N–H and O–H groups in total. The van der Waals surface area contributed by atoms with Crippen LogP contribution in [0.1, 0.15) is 5.56 Å². The summed E-state index contributed by atoms with van der Waals surface area (Å²) in [4.78, 5) is 12.4. The summed E-state index contributed by atoms with van der Waals surface area (Å²) in [6.45, 7) is 1.43. The van der Waals surface area contributed by atoms with Gasteiger partial charge in [-0.05, 0) is 36.4 Å². The van der Waals surface area contributed by atoms with E-state index in [2.05, 4.69) is 5.32 Å². The van der Waals surface area contributed by atoms with Gasteiger partial charge in [-0.1, -0.05) is 6.07 Å². The van der Waals surface area contributed by atoms with Gasteiger partial charge in [0, 0.05) is 13.1 Å². The van der Waals surface area contributed by atoms with Crippen molar-refractivity contribution in [3.8, 4) is 17.2 Å². The molecule has 0 bridgehead atoms. The number of amides is 1. The van der Waals surface area contributed by atoms with Crippen LogP contribution in [0, 0.1) is 0 Å². The van der Waals surface area contributed by atoms with Gasteiger partial charge >= 0.3 is 0 Å². The van der Waals surface area contributed by atoms with Crippen LogP contribution in [0.2, 0.25) is 0 Å². The van der Waals surface area contributed by atoms with E-state index < -0.39 is 10.0 Å². The maximum Gasteiger partial charge on any atom is 0.258 e. The first-order valence-electron chi connectivity index (χ1n) is 9.73. The van der Waals surface area contributed by atoms with E-state index in [1.807, 2.05) is 0 Å². The number of nitrogens with zero attached hydrogens (tertiary/aromatic N) is 1. The van der Waals surface area contributed by atoms with Crippen molar-refractivity contribution in [1.82, 2.24) is 9.62 Å². The first-order valence-corrected chi connectivity index (χ1v) is 11.2. The smallest absolute Gasteiger partial charge is 0.258 e. The Kier molecular flexibility index (Phi) is 7.72. The molecule has 0 unspecified atom stereocenters. The largest absolute Gasteiger partial charge is 0.496 e. The van der Waals surface area contributed by atoms with E-state index in [-0.39, 0.29) is 24.0 Å². The van der Waals surface area contributed by atoms with E-state index in [1.165, 1.54) is 28.6 Å². The van der Waals surface area contributed by atoms with E-state index in [4.69, 9.17) is 18.9 Å². The summed E-state index contributed by atoms with van der Waals surface area (Å²) in [5, 5.41) is 2.76. The van der Waals surface area contributed by atoms with Crippen LogP contribution < -0.4 is 19.5 Å². The molecule has 0 atom stereocenters. The molecule has 2 aromatic rings. The molecule has 1 aliphatic heterocycles. The van der Waals surface area contributed by atoms with Crippen molar-refractivity contribution in [3.05, 3.63) is 48.0 Å². The number of benzene rings is 2. The summed E-state index contributed by atoms with van der Waals surface area (Å²) in [6.07, 6.45) is 0. The highest BCUT2D eigenvalue weighted by molar-refractivity contribution is 7.89. The Bertz CT molecular complexity index is 965. The molecule has 3 rings (SSSR count). The fourth-order valence-electron chi connectivity index (χ4n) is 3.13. The number of methoxy groups -OCH3 is 2. The van der Waals surface area contributed by atoms with Gasteiger partial charge in [-0.2, -0.15) is 4.31 Å². The first-order chi connectivity index (χ1) is 15.0. The summed E-state index contributed by atoms with van der Waals surface area (Å²) < 4.78 is 48.0. The van der Waals surface area contributed by atoms with Crippen molar-refractivity contribution in [2.24, 2.45) is 0 Å². The van der Waals surface area contributed by atoms with Gasteiger partial charge in [0.1, 0.15) is 17.2 Å². The number of ether oxygens (including phenoxy) is 4. The minimum Gasteiger partial charge on any atom is -0.496 e. The zero-order valence-corrected chi connectivity index (χ0v) is 18.3. The van der Waals surface area contributed by atoms with E-state index >= 15 is 0 Å². The minimum absolute atomic E-state index is 0.175. The summed E-state index contributed by atoms with van der Waals surface area (Å²) in [5.41, 5.74) is 0.721. The number of morpholine rings is 1. The van der Waals surface area contributed by atoms with Crippen LogP contribution in [0.15, 0.2) is 47.4 Å². The van der Waals surface area contributed by atoms with Crippen molar-refractivity contribution in [1.29, 1.82) is 0 Å². The highest BCUT2D eigenvalue weighted by Crippen LogP contribution is 2.28. The Morgan fingerprint density at radius 2 is 1.65 bits per heavy atom. The molecule has 2 aromatic carbocycles. The second kappa shape index (κ2) is 10.5. The predicted octanol–water partition coefficient (Wildman–Crippen LogP) is 1.42. The monoisotopic (exact) mass is 450 g/mol. The summed E-state index contributed by atoms with van der Waals surface area (Å²) in [6, 6.07) is 11.4. The van der Waals surface area contributed by atoms with Crippen LogP contribution in [0.4, 0.5) is 0 Å². The van der Waals surface area contributed by atoms with Crippen LogP contribution in [0.3, 0.4) is 0 Å². The lowest BCUT2D eigenvalue weighted by Gasteiger charge is -2.26. The Balaban J connectivity index is 1.54. The van der Waals surface area contributed by atoms with Crippen molar-refractivity contribution >= 4 is 15.9 Å². The van der Waals surface area contributed by atoms with E-state index in [0.717, 1.165) is 5.56 Å². The molecule has 0 radical (unpaired) electrons. The van der Waals surface area contributed by atoms with Gasteiger partial charge in [-0.15, -0.1) is 0 Å².